The van der Waals surface area contributed by atoms with Crippen LogP contribution in [0.25, 0.3) is 0 Å². The average molecular weight is 277 g/mol. The van der Waals surface area contributed by atoms with Gasteiger partial charge in [-0.15, -0.1) is 0 Å². The van der Waals surface area contributed by atoms with Gasteiger partial charge in [-0.2, -0.15) is 0 Å². The van der Waals surface area contributed by atoms with Crippen LogP contribution in [-0.4, -0.2) is 12.0 Å². The summed E-state index contributed by atoms with van der Waals surface area (Å²) in [5, 5.41) is 7.04. The number of allylic oxidation sites excluding steroid dienone is 4. The highest BCUT2D eigenvalue weighted by molar-refractivity contribution is 6.11. The summed E-state index contributed by atoms with van der Waals surface area (Å²) >= 11 is 0. The normalized spacial score (nSPS) is 11.8. The molecule has 0 aliphatic heterocycles. The van der Waals surface area contributed by atoms with E-state index in [1.807, 2.05) is 6.08 Å². The summed E-state index contributed by atoms with van der Waals surface area (Å²) in [7, 11) is 0. The summed E-state index contributed by atoms with van der Waals surface area (Å²) in [6.45, 7) is 1.41. The van der Waals surface area contributed by atoms with Crippen molar-refractivity contribution in [3.63, 3.8) is 0 Å². The zero-order chi connectivity index (χ0) is 15.0. The first kappa shape index (κ1) is 16.0. The number of unbranched alkanes of at least 4 members (excludes halogenated alkanes) is 1. The van der Waals surface area contributed by atoms with Crippen LogP contribution in [-0.2, 0) is 11.2 Å². The van der Waals surface area contributed by atoms with Crippen LogP contribution < -0.4 is 0 Å². The zero-order valence-corrected chi connectivity index (χ0v) is 11.3. The minimum atomic E-state index is -0.831. The van der Waals surface area contributed by atoms with Crippen LogP contribution in [0.1, 0.15) is 25.3 Å². The molecule has 20 heavy (non-hydrogen) atoms. The Balaban J connectivity index is 2.40. The van der Waals surface area contributed by atoms with Gasteiger partial charge in [0, 0.05) is 11.8 Å². The minimum absolute atomic E-state index is 0.147. The number of halogens is 2. The molecule has 106 valence electrons. The Hall–Kier alpha value is -2.10. The number of carbonyl (C=O) groups is 1. The van der Waals surface area contributed by atoms with Crippen LogP contribution in [0.4, 0.5) is 8.78 Å². The number of hydrogen-bond donors (Lipinski definition) is 1. The van der Waals surface area contributed by atoms with Crippen LogP contribution >= 0.6 is 0 Å². The molecule has 1 aromatic rings. The second kappa shape index (κ2) is 8.15. The molecule has 0 radical (unpaired) electrons. The third-order valence-electron chi connectivity index (χ3n) is 2.79. The molecule has 0 saturated carbocycles. The van der Waals surface area contributed by atoms with Gasteiger partial charge in [0.2, 0.25) is 0 Å². The Morgan fingerprint density at radius 3 is 2.65 bits per heavy atom. The first-order valence-electron chi connectivity index (χ1n) is 6.36. The summed E-state index contributed by atoms with van der Waals surface area (Å²) in [5.74, 6) is -1.80. The van der Waals surface area contributed by atoms with Gasteiger partial charge in [0.1, 0.15) is 0 Å². The third kappa shape index (κ3) is 5.26. The predicted molar refractivity (Wildman–Crippen MR) is 76.0 cm³/mol. The van der Waals surface area contributed by atoms with E-state index in [2.05, 4.69) is 0 Å². The highest BCUT2D eigenvalue weighted by Gasteiger charge is 2.01. The predicted octanol–water partition coefficient (Wildman–Crippen LogP) is 4.01. The standard InChI is InChI=1S/C16H17F2NO/c1-12(20)14(11-19)7-5-3-2-4-6-13-8-9-15(17)16(18)10-13/h3,5,7-11,19H,2,4,6H2,1H3/b5-3-,14-7-,19-11?. The van der Waals surface area contributed by atoms with Gasteiger partial charge in [0.05, 0.1) is 0 Å². The van der Waals surface area contributed by atoms with Crippen molar-refractivity contribution in [3.8, 4) is 0 Å². The first-order chi connectivity index (χ1) is 9.54. The molecule has 0 spiro atoms. The molecule has 1 rings (SSSR count). The van der Waals surface area contributed by atoms with Crippen molar-refractivity contribution in [3.05, 3.63) is 59.2 Å². The smallest absolute Gasteiger partial charge is 0.161 e. The summed E-state index contributed by atoms with van der Waals surface area (Å²) in [6, 6.07) is 3.92. The number of benzene rings is 1. The van der Waals surface area contributed by atoms with Crippen molar-refractivity contribution in [2.75, 3.05) is 0 Å². The van der Waals surface area contributed by atoms with E-state index >= 15 is 0 Å². The van der Waals surface area contributed by atoms with Gasteiger partial charge in [0.15, 0.2) is 17.4 Å². The topological polar surface area (TPSA) is 40.9 Å². The van der Waals surface area contributed by atoms with Gasteiger partial charge < -0.3 is 5.41 Å². The van der Waals surface area contributed by atoms with Gasteiger partial charge in [-0.3, -0.25) is 4.79 Å². The van der Waals surface area contributed by atoms with E-state index in [0.29, 0.717) is 12.0 Å². The molecule has 0 bridgehead atoms. The van der Waals surface area contributed by atoms with E-state index < -0.39 is 11.6 Å². The molecule has 1 aromatic carbocycles. The minimum Gasteiger partial charge on any atom is -0.308 e. The SMILES string of the molecule is CC(=O)/C(C=N)=C\C=C/CCCc1ccc(F)c(F)c1. The number of hydrogen-bond acceptors (Lipinski definition) is 2. The first-order valence-corrected chi connectivity index (χ1v) is 6.36. The fourth-order valence-electron chi connectivity index (χ4n) is 1.65. The maximum Gasteiger partial charge on any atom is 0.161 e. The van der Waals surface area contributed by atoms with Crippen LogP contribution in [0, 0.1) is 17.0 Å². The Kier molecular flexibility index (Phi) is 6.50. The van der Waals surface area contributed by atoms with Crippen LogP contribution in [0.2, 0.25) is 0 Å². The maximum absolute atomic E-state index is 13.0. The lowest BCUT2D eigenvalue weighted by molar-refractivity contribution is -0.113. The van der Waals surface area contributed by atoms with Gasteiger partial charge in [0.25, 0.3) is 0 Å². The maximum atomic E-state index is 13.0. The van der Waals surface area contributed by atoms with Gasteiger partial charge in [-0.25, -0.2) is 8.78 Å². The van der Waals surface area contributed by atoms with E-state index in [0.717, 1.165) is 30.7 Å². The van der Waals surface area contributed by atoms with Gasteiger partial charge in [-0.05, 0) is 43.9 Å². The largest absolute Gasteiger partial charge is 0.308 e. The highest BCUT2D eigenvalue weighted by Crippen LogP contribution is 2.11. The molecule has 1 N–H and O–H groups in total. The lowest BCUT2D eigenvalue weighted by Crippen LogP contribution is -1.95. The molecule has 0 aliphatic carbocycles. The van der Waals surface area contributed by atoms with Crippen LogP contribution in [0.5, 0.6) is 0 Å². The number of carbonyl (C=O) groups excluding carboxylic acids is 1. The lowest BCUT2D eigenvalue weighted by Gasteiger charge is -2.00. The molecule has 0 heterocycles. The summed E-state index contributed by atoms with van der Waals surface area (Å²) < 4.78 is 25.7. The Morgan fingerprint density at radius 2 is 2.05 bits per heavy atom. The van der Waals surface area contributed by atoms with Crippen molar-refractivity contribution >= 4 is 12.0 Å². The molecule has 0 amide bonds. The van der Waals surface area contributed by atoms with E-state index in [9.17, 15) is 13.6 Å². The van der Waals surface area contributed by atoms with Gasteiger partial charge in [-0.1, -0.05) is 24.3 Å². The van der Waals surface area contributed by atoms with Crippen LogP contribution in [0.15, 0.2) is 42.0 Å². The van der Waals surface area contributed by atoms with Gasteiger partial charge >= 0.3 is 0 Å². The molecule has 0 fully saturated rings. The molecule has 4 heteroatoms. The molecule has 0 aromatic heterocycles. The fraction of sp³-hybridized carbons (Fsp3) is 0.250. The monoisotopic (exact) mass is 277 g/mol. The van der Waals surface area contributed by atoms with Crippen molar-refractivity contribution in [1.82, 2.24) is 0 Å². The molecule has 0 aliphatic rings. The number of Topliss-reactive ketones (excluding diaryl/α,β-unsaturated/α-hetero) is 1. The molecule has 2 nitrogen and oxygen atoms in total. The Morgan fingerprint density at radius 1 is 1.30 bits per heavy atom. The number of aryl methyl sites for hydroxylation is 1. The van der Waals surface area contributed by atoms with E-state index in [1.165, 1.54) is 13.0 Å². The third-order valence-corrected chi connectivity index (χ3v) is 2.79. The summed E-state index contributed by atoms with van der Waals surface area (Å²) in [4.78, 5) is 11.0. The van der Waals surface area contributed by atoms with Crippen molar-refractivity contribution < 1.29 is 13.6 Å². The van der Waals surface area contributed by atoms with E-state index in [4.69, 9.17) is 5.41 Å². The quantitative estimate of drug-likeness (QED) is 0.348. The second-order valence-corrected chi connectivity index (χ2v) is 4.39. The number of ketones is 1. The molecule has 0 atom stereocenters. The van der Waals surface area contributed by atoms with Crippen LogP contribution in [0.3, 0.4) is 0 Å². The van der Waals surface area contributed by atoms with E-state index in [1.54, 1.807) is 18.2 Å². The molecule has 0 unspecified atom stereocenters. The average Bonchev–Trinajstić information content (AvgIpc) is 2.41. The Bertz CT molecular complexity index is 547. The summed E-state index contributed by atoms with van der Waals surface area (Å²) in [5.41, 5.74) is 1.11. The van der Waals surface area contributed by atoms with E-state index in [-0.39, 0.29) is 5.78 Å². The summed E-state index contributed by atoms with van der Waals surface area (Å²) in [6.07, 6.45) is 8.45. The fourth-order valence-corrected chi connectivity index (χ4v) is 1.65. The molecular formula is C16H17F2NO. The van der Waals surface area contributed by atoms with Crippen molar-refractivity contribution in [2.45, 2.75) is 26.2 Å². The number of nitrogens with one attached hydrogen (secondary N) is 1. The molecule has 0 saturated heterocycles. The molecular weight excluding hydrogens is 260 g/mol. The Labute approximate surface area is 117 Å². The lowest BCUT2D eigenvalue weighted by atomic mass is 10.1. The second-order valence-electron chi connectivity index (χ2n) is 4.39. The number of rotatable bonds is 7. The van der Waals surface area contributed by atoms with Crippen molar-refractivity contribution in [2.24, 2.45) is 0 Å². The highest BCUT2D eigenvalue weighted by atomic mass is 19.2. The zero-order valence-electron chi connectivity index (χ0n) is 11.3. The van der Waals surface area contributed by atoms with Crippen molar-refractivity contribution in [1.29, 1.82) is 5.41 Å².